The molecule has 0 amide bonds. The van der Waals surface area contributed by atoms with Gasteiger partial charge in [0.25, 0.3) is 0 Å². The van der Waals surface area contributed by atoms with Crippen LogP contribution < -0.4 is 22.6 Å². The molecular formula is C17H29N7O4. The van der Waals surface area contributed by atoms with Crippen molar-refractivity contribution in [2.45, 2.75) is 70.1 Å². The van der Waals surface area contributed by atoms with Crippen molar-refractivity contribution >= 4 is 17.1 Å². The van der Waals surface area contributed by atoms with Crippen LogP contribution >= 0.6 is 0 Å². The summed E-state index contributed by atoms with van der Waals surface area (Å²) in [7, 11) is 0. The van der Waals surface area contributed by atoms with Crippen molar-refractivity contribution in [2.75, 3.05) is 12.3 Å². The summed E-state index contributed by atoms with van der Waals surface area (Å²) in [5, 5.41) is 19.4. The monoisotopic (exact) mass is 395 g/mol. The lowest BCUT2D eigenvalue weighted by atomic mass is 10.1. The molecule has 1 aliphatic rings. The molecule has 1 saturated heterocycles. The summed E-state index contributed by atoms with van der Waals surface area (Å²) in [6, 6.07) is 0. The number of hydrogen-bond acceptors (Lipinski definition) is 9. The maximum absolute atomic E-state index is 12.3. The maximum Gasteiger partial charge on any atom is 0.302 e. The first-order valence-corrected chi connectivity index (χ1v) is 9.66. The standard InChI is InChI=1S/C17H29N7O4/c1-2-3-4-5-6-12(22-19)24-16-14(15(27)21-17(24)18)20-9-23(16)13-7-10(26)11(8-25)28-13/h9-13,22,25-26H,2-8,19H2,1H3,(H2,18,21,27)/t10-,11+,12?,13+/m0/s1. The highest BCUT2D eigenvalue weighted by atomic mass is 16.5. The fourth-order valence-corrected chi connectivity index (χ4v) is 3.68. The number of nitrogen functional groups attached to an aromatic ring is 1. The number of imidazole rings is 1. The number of ether oxygens (including phenoxy) is 1. The molecule has 28 heavy (non-hydrogen) atoms. The van der Waals surface area contributed by atoms with E-state index in [4.69, 9.17) is 16.3 Å². The third-order valence-electron chi connectivity index (χ3n) is 5.19. The number of nitrogens with zero attached hydrogens (tertiary/aromatic N) is 4. The smallest absolute Gasteiger partial charge is 0.302 e. The second-order valence-corrected chi connectivity index (χ2v) is 7.12. The van der Waals surface area contributed by atoms with E-state index in [-0.39, 0.29) is 30.7 Å². The number of hydrazine groups is 1. The molecule has 3 rings (SSSR count). The fraction of sp³-hybridized carbons (Fsp3) is 0.706. The Bertz CT molecular complexity index is 852. The highest BCUT2D eigenvalue weighted by Gasteiger charge is 2.36. The van der Waals surface area contributed by atoms with E-state index in [0.29, 0.717) is 12.1 Å². The first-order chi connectivity index (χ1) is 13.5. The Morgan fingerprint density at radius 3 is 2.86 bits per heavy atom. The van der Waals surface area contributed by atoms with Gasteiger partial charge in [-0.15, -0.1) is 0 Å². The topological polar surface area (TPSA) is 166 Å². The third-order valence-corrected chi connectivity index (χ3v) is 5.19. The number of anilines is 1. The minimum Gasteiger partial charge on any atom is -0.394 e. The molecule has 1 aliphatic heterocycles. The van der Waals surface area contributed by atoms with Crippen molar-refractivity contribution in [1.82, 2.24) is 24.5 Å². The Morgan fingerprint density at radius 2 is 2.21 bits per heavy atom. The molecule has 2 aromatic heterocycles. The van der Waals surface area contributed by atoms with Crippen LogP contribution in [0.3, 0.4) is 0 Å². The van der Waals surface area contributed by atoms with Crippen LogP contribution in [0.15, 0.2) is 11.1 Å². The first-order valence-electron chi connectivity index (χ1n) is 9.66. The molecule has 2 aromatic rings. The van der Waals surface area contributed by atoms with E-state index in [1.807, 2.05) is 0 Å². The van der Waals surface area contributed by atoms with Crippen molar-refractivity contribution in [1.29, 1.82) is 0 Å². The lowest BCUT2D eigenvalue weighted by molar-refractivity contribution is -0.0434. The minimum absolute atomic E-state index is 0.0231. The van der Waals surface area contributed by atoms with Crippen LogP contribution in [0.5, 0.6) is 0 Å². The second kappa shape index (κ2) is 8.97. The van der Waals surface area contributed by atoms with Crippen LogP contribution in [0.2, 0.25) is 0 Å². The summed E-state index contributed by atoms with van der Waals surface area (Å²) >= 11 is 0. The molecule has 1 unspecified atom stereocenters. The van der Waals surface area contributed by atoms with Crippen LogP contribution in [0.1, 0.15) is 57.8 Å². The van der Waals surface area contributed by atoms with Gasteiger partial charge in [0.05, 0.1) is 19.0 Å². The van der Waals surface area contributed by atoms with Gasteiger partial charge in [0, 0.05) is 6.42 Å². The summed E-state index contributed by atoms with van der Waals surface area (Å²) in [4.78, 5) is 20.4. The van der Waals surface area contributed by atoms with Gasteiger partial charge < -0.3 is 20.7 Å². The molecule has 11 heteroatoms. The number of nitrogens with two attached hydrogens (primary N) is 2. The lowest BCUT2D eigenvalue weighted by Gasteiger charge is -2.24. The maximum atomic E-state index is 12.3. The molecule has 0 bridgehead atoms. The Kier molecular flexibility index (Phi) is 6.62. The average molecular weight is 395 g/mol. The summed E-state index contributed by atoms with van der Waals surface area (Å²) in [6.07, 6.45) is 4.14. The van der Waals surface area contributed by atoms with Gasteiger partial charge in [-0.1, -0.05) is 26.2 Å². The van der Waals surface area contributed by atoms with Gasteiger partial charge in [0.2, 0.25) is 5.95 Å². The van der Waals surface area contributed by atoms with E-state index in [1.54, 1.807) is 9.13 Å². The van der Waals surface area contributed by atoms with Gasteiger partial charge in [-0.3, -0.25) is 19.8 Å². The number of hydrogen-bond donors (Lipinski definition) is 5. The Balaban J connectivity index is 2.02. The van der Waals surface area contributed by atoms with E-state index in [0.717, 1.165) is 25.7 Å². The SMILES string of the molecule is CCCCCCC(NN)n1c(N)nc(=O)c2ncn([C@H]3C[C@H](O)[C@@H](CO)O3)c21. The van der Waals surface area contributed by atoms with Gasteiger partial charge in [0.1, 0.15) is 18.5 Å². The lowest BCUT2D eigenvalue weighted by Crippen LogP contribution is -2.36. The van der Waals surface area contributed by atoms with Crippen molar-refractivity contribution in [3.8, 4) is 0 Å². The number of unbranched alkanes of at least 4 members (excludes halogenated alkanes) is 3. The van der Waals surface area contributed by atoms with Gasteiger partial charge in [0.15, 0.2) is 11.2 Å². The number of aliphatic hydroxyl groups is 2. The fourth-order valence-electron chi connectivity index (χ4n) is 3.68. The van der Waals surface area contributed by atoms with Crippen LogP contribution in [-0.4, -0.2) is 48.1 Å². The molecule has 4 atom stereocenters. The Morgan fingerprint density at radius 1 is 1.43 bits per heavy atom. The third kappa shape index (κ3) is 3.89. The Hall–Kier alpha value is -2.05. The molecule has 0 aliphatic carbocycles. The summed E-state index contributed by atoms with van der Waals surface area (Å²) in [5.74, 6) is 5.81. The van der Waals surface area contributed by atoms with Crippen molar-refractivity contribution < 1.29 is 14.9 Å². The number of aromatic nitrogens is 4. The number of nitrogens with one attached hydrogen (secondary N) is 1. The van der Waals surface area contributed by atoms with Crippen LogP contribution in [0.25, 0.3) is 11.2 Å². The molecule has 0 spiro atoms. The van der Waals surface area contributed by atoms with E-state index >= 15 is 0 Å². The van der Waals surface area contributed by atoms with Crippen molar-refractivity contribution in [2.24, 2.45) is 5.84 Å². The molecule has 156 valence electrons. The first kappa shape index (κ1) is 20.7. The molecule has 7 N–H and O–H groups in total. The predicted octanol–water partition coefficient (Wildman–Crippen LogP) is -0.252. The van der Waals surface area contributed by atoms with E-state index < -0.39 is 24.0 Å². The van der Waals surface area contributed by atoms with E-state index in [2.05, 4.69) is 22.3 Å². The quantitative estimate of drug-likeness (QED) is 0.218. The zero-order valence-electron chi connectivity index (χ0n) is 16.0. The van der Waals surface area contributed by atoms with Gasteiger partial charge in [-0.25, -0.2) is 10.4 Å². The molecule has 0 radical (unpaired) electrons. The van der Waals surface area contributed by atoms with Crippen LogP contribution in [0, 0.1) is 0 Å². The predicted molar refractivity (Wildman–Crippen MR) is 103 cm³/mol. The molecular weight excluding hydrogens is 366 g/mol. The Labute approximate surface area is 162 Å². The largest absolute Gasteiger partial charge is 0.394 e. The highest BCUT2D eigenvalue weighted by Crippen LogP contribution is 2.32. The molecule has 11 nitrogen and oxygen atoms in total. The highest BCUT2D eigenvalue weighted by molar-refractivity contribution is 5.72. The average Bonchev–Trinajstić information content (AvgIpc) is 3.27. The van der Waals surface area contributed by atoms with Gasteiger partial charge in [-0.2, -0.15) is 4.98 Å². The minimum atomic E-state index is -0.815. The number of fused-ring (bicyclic) bond motifs is 1. The number of rotatable bonds is 9. The summed E-state index contributed by atoms with van der Waals surface area (Å²) in [6.45, 7) is 1.84. The van der Waals surface area contributed by atoms with E-state index in [9.17, 15) is 15.0 Å². The zero-order valence-corrected chi connectivity index (χ0v) is 16.0. The van der Waals surface area contributed by atoms with E-state index in [1.165, 1.54) is 6.33 Å². The zero-order chi connectivity index (χ0) is 20.3. The normalized spacial score (nSPS) is 23.5. The number of aliphatic hydroxyl groups excluding tert-OH is 2. The molecule has 1 fully saturated rings. The summed E-state index contributed by atoms with van der Waals surface area (Å²) in [5.41, 5.74) is 8.87. The van der Waals surface area contributed by atoms with Crippen LogP contribution in [-0.2, 0) is 4.74 Å². The molecule has 0 aromatic carbocycles. The molecule has 3 heterocycles. The summed E-state index contributed by atoms with van der Waals surface area (Å²) < 4.78 is 9.02. The second-order valence-electron chi connectivity index (χ2n) is 7.12. The van der Waals surface area contributed by atoms with Gasteiger partial charge in [-0.05, 0) is 12.8 Å². The van der Waals surface area contributed by atoms with Crippen molar-refractivity contribution in [3.63, 3.8) is 0 Å². The van der Waals surface area contributed by atoms with Crippen LogP contribution in [0.4, 0.5) is 5.95 Å². The van der Waals surface area contributed by atoms with Gasteiger partial charge >= 0.3 is 5.56 Å². The van der Waals surface area contributed by atoms with Crippen molar-refractivity contribution in [3.05, 3.63) is 16.7 Å². The molecule has 0 saturated carbocycles.